The lowest BCUT2D eigenvalue weighted by molar-refractivity contribution is -0.890. The summed E-state index contributed by atoms with van der Waals surface area (Å²) in [5.41, 5.74) is 0. The van der Waals surface area contributed by atoms with E-state index in [2.05, 4.69) is 6.92 Å². The van der Waals surface area contributed by atoms with Crippen LogP contribution in [-0.2, 0) is 9.59 Å². The second kappa shape index (κ2) is 10.7. The molecule has 2 N–H and O–H groups in total. The maximum absolute atomic E-state index is 12.5. The van der Waals surface area contributed by atoms with Crippen molar-refractivity contribution in [3.8, 4) is 0 Å². The molecular formula is C17H34NO4+. The molecule has 5 heteroatoms. The SMILES string of the molecule is [2H]C(O)(CC(=O)O)C(C(=O)CCCCCCCCC)[N+](C)(C)C. The number of unbranched alkanes of at least 4 members (excludes halogenated alkanes) is 6. The summed E-state index contributed by atoms with van der Waals surface area (Å²) in [4.78, 5) is 23.3. The van der Waals surface area contributed by atoms with Crippen LogP contribution in [0.3, 0.4) is 0 Å². The fourth-order valence-electron chi connectivity index (χ4n) is 2.71. The zero-order valence-corrected chi connectivity index (χ0v) is 14.6. The third-order valence-corrected chi connectivity index (χ3v) is 3.75. The number of carboxylic acid groups (broad SMARTS) is 1. The van der Waals surface area contributed by atoms with Gasteiger partial charge in [0.2, 0.25) is 0 Å². The van der Waals surface area contributed by atoms with Crippen molar-refractivity contribution in [1.29, 1.82) is 0 Å². The summed E-state index contributed by atoms with van der Waals surface area (Å²) in [5.74, 6) is -1.51. The Morgan fingerprint density at radius 3 is 2.00 bits per heavy atom. The molecule has 0 amide bonds. The molecule has 0 radical (unpaired) electrons. The van der Waals surface area contributed by atoms with Gasteiger partial charge >= 0.3 is 5.97 Å². The molecule has 22 heavy (non-hydrogen) atoms. The Balaban J connectivity index is 4.52. The van der Waals surface area contributed by atoms with Gasteiger partial charge in [-0.2, -0.15) is 0 Å². The topological polar surface area (TPSA) is 74.6 Å². The van der Waals surface area contributed by atoms with Gasteiger partial charge in [-0.25, -0.2) is 0 Å². The number of carboxylic acids is 1. The van der Waals surface area contributed by atoms with Crippen molar-refractivity contribution >= 4 is 11.8 Å². The van der Waals surface area contributed by atoms with Gasteiger partial charge in [0.1, 0.15) is 6.08 Å². The Hall–Kier alpha value is -0.940. The van der Waals surface area contributed by atoms with E-state index in [0.717, 1.165) is 19.3 Å². The van der Waals surface area contributed by atoms with Crippen molar-refractivity contribution in [2.24, 2.45) is 0 Å². The largest absolute Gasteiger partial charge is 0.481 e. The van der Waals surface area contributed by atoms with Gasteiger partial charge in [0.15, 0.2) is 11.8 Å². The number of likely N-dealkylation sites (N-methyl/N-ethyl adjacent to an activating group) is 1. The molecule has 0 aromatic carbocycles. The lowest BCUT2D eigenvalue weighted by Crippen LogP contribution is -2.56. The highest BCUT2D eigenvalue weighted by molar-refractivity contribution is 5.84. The van der Waals surface area contributed by atoms with Crippen LogP contribution in [0.15, 0.2) is 0 Å². The highest BCUT2D eigenvalue weighted by Gasteiger charge is 2.38. The molecule has 0 aromatic heterocycles. The minimum Gasteiger partial charge on any atom is -0.481 e. The predicted octanol–water partition coefficient (Wildman–Crippen LogP) is 2.61. The number of ketones is 1. The number of carbonyl (C=O) groups excluding carboxylic acids is 1. The Kier molecular flexibility index (Phi) is 9.32. The maximum Gasteiger partial charge on any atom is 0.306 e. The van der Waals surface area contributed by atoms with E-state index in [1.54, 1.807) is 21.1 Å². The van der Waals surface area contributed by atoms with Gasteiger partial charge in [-0.05, 0) is 6.42 Å². The zero-order valence-electron chi connectivity index (χ0n) is 15.6. The second-order valence-corrected chi connectivity index (χ2v) is 6.92. The van der Waals surface area contributed by atoms with Gasteiger partial charge in [-0.15, -0.1) is 0 Å². The van der Waals surface area contributed by atoms with E-state index in [0.29, 0.717) is 0 Å². The van der Waals surface area contributed by atoms with Gasteiger partial charge in [0.05, 0.1) is 28.9 Å². The molecule has 0 rings (SSSR count). The van der Waals surface area contributed by atoms with Crippen LogP contribution < -0.4 is 0 Å². The van der Waals surface area contributed by atoms with E-state index in [1.165, 1.54) is 25.7 Å². The van der Waals surface area contributed by atoms with Crippen LogP contribution in [0, 0.1) is 0 Å². The normalized spacial score (nSPS) is 16.7. The molecule has 2 unspecified atom stereocenters. The van der Waals surface area contributed by atoms with Gasteiger partial charge in [0, 0.05) is 6.42 Å². The van der Waals surface area contributed by atoms with Gasteiger partial charge in [-0.1, -0.05) is 45.4 Å². The lowest BCUT2D eigenvalue weighted by Gasteiger charge is -2.35. The van der Waals surface area contributed by atoms with E-state index in [-0.39, 0.29) is 16.7 Å². The fourth-order valence-corrected chi connectivity index (χ4v) is 2.71. The minimum atomic E-state index is -2.29. The molecule has 0 aromatic rings. The minimum absolute atomic E-state index is 0.0443. The molecule has 0 fully saturated rings. The summed E-state index contributed by atoms with van der Waals surface area (Å²) in [7, 11) is 5.11. The van der Waals surface area contributed by atoms with E-state index in [4.69, 9.17) is 6.48 Å². The van der Waals surface area contributed by atoms with Crippen molar-refractivity contribution in [3.05, 3.63) is 0 Å². The third kappa shape index (κ3) is 9.15. The molecule has 130 valence electrons. The molecule has 0 heterocycles. The molecule has 0 aliphatic carbocycles. The van der Waals surface area contributed by atoms with E-state index < -0.39 is 24.5 Å². The van der Waals surface area contributed by atoms with Gasteiger partial charge < -0.3 is 14.7 Å². The molecule has 5 nitrogen and oxygen atoms in total. The van der Waals surface area contributed by atoms with E-state index in [1.807, 2.05) is 0 Å². The Labute approximate surface area is 136 Å². The smallest absolute Gasteiger partial charge is 0.306 e. The predicted molar refractivity (Wildman–Crippen MR) is 87.7 cm³/mol. The number of hydrogen-bond acceptors (Lipinski definition) is 3. The van der Waals surface area contributed by atoms with Crippen LogP contribution in [0.5, 0.6) is 0 Å². The second-order valence-electron chi connectivity index (χ2n) is 6.92. The van der Waals surface area contributed by atoms with Crippen LogP contribution in [0.2, 0.25) is 0 Å². The average Bonchev–Trinajstić information content (AvgIpc) is 2.33. The first-order valence-electron chi connectivity index (χ1n) is 8.80. The summed E-state index contributed by atoms with van der Waals surface area (Å²) in [6, 6.07) is -1.06. The number of hydrogen-bond donors (Lipinski definition) is 2. The summed E-state index contributed by atoms with van der Waals surface area (Å²) in [5, 5.41) is 19.1. The number of Topliss-reactive ketones (excluding diaryl/α,β-unsaturated/α-hetero) is 1. The van der Waals surface area contributed by atoms with Crippen LogP contribution in [-0.4, -0.2) is 59.7 Å². The number of aliphatic hydroxyl groups is 1. The fraction of sp³-hybridized carbons (Fsp3) is 0.882. The van der Waals surface area contributed by atoms with E-state index in [9.17, 15) is 14.7 Å². The first kappa shape index (κ1) is 19.1. The highest BCUT2D eigenvalue weighted by Crippen LogP contribution is 2.17. The van der Waals surface area contributed by atoms with Crippen LogP contribution in [0.1, 0.15) is 66.1 Å². The summed E-state index contributed by atoms with van der Waals surface area (Å²) in [6.07, 6.45) is 4.84. The quantitative estimate of drug-likeness (QED) is 0.404. The summed E-state index contributed by atoms with van der Waals surface area (Å²) < 4.78 is 7.97. The number of rotatable bonds is 13. The summed E-state index contributed by atoms with van der Waals surface area (Å²) in [6.45, 7) is 2.17. The van der Waals surface area contributed by atoms with Gasteiger partial charge in [-0.3, -0.25) is 9.59 Å². The third-order valence-electron chi connectivity index (χ3n) is 3.75. The lowest BCUT2D eigenvalue weighted by atomic mass is 9.96. The molecule has 0 spiro atoms. The van der Waals surface area contributed by atoms with E-state index >= 15 is 0 Å². The van der Waals surface area contributed by atoms with Crippen molar-refractivity contribution in [2.75, 3.05) is 21.1 Å². The van der Waals surface area contributed by atoms with Crippen molar-refractivity contribution in [3.63, 3.8) is 0 Å². The Morgan fingerprint density at radius 2 is 1.55 bits per heavy atom. The first-order valence-corrected chi connectivity index (χ1v) is 8.30. The molecule has 0 aliphatic heterocycles. The Morgan fingerprint density at radius 1 is 1.05 bits per heavy atom. The molecular weight excluding hydrogens is 282 g/mol. The van der Waals surface area contributed by atoms with Crippen molar-refractivity contribution < 1.29 is 25.7 Å². The maximum atomic E-state index is 12.5. The van der Waals surface area contributed by atoms with Crippen molar-refractivity contribution in [2.45, 2.75) is 76.8 Å². The molecule has 0 bridgehead atoms. The number of aliphatic carboxylic acids is 1. The number of nitrogens with zero attached hydrogens (tertiary/aromatic N) is 1. The number of carbonyl (C=O) groups is 2. The van der Waals surface area contributed by atoms with Crippen LogP contribution in [0.4, 0.5) is 0 Å². The van der Waals surface area contributed by atoms with Gasteiger partial charge in [0.25, 0.3) is 0 Å². The Bertz CT molecular complexity index is 377. The summed E-state index contributed by atoms with van der Waals surface area (Å²) >= 11 is 0. The zero-order chi connectivity index (χ0) is 18.1. The molecule has 0 aliphatic rings. The average molecular weight is 317 g/mol. The monoisotopic (exact) mass is 317 g/mol. The highest BCUT2D eigenvalue weighted by atomic mass is 16.4. The molecule has 0 saturated heterocycles. The van der Waals surface area contributed by atoms with Crippen molar-refractivity contribution in [1.82, 2.24) is 0 Å². The number of quaternary nitrogens is 1. The first-order chi connectivity index (χ1) is 10.5. The molecule has 2 atom stereocenters. The van der Waals surface area contributed by atoms with Crippen LogP contribution >= 0.6 is 0 Å². The molecule has 0 saturated carbocycles. The standard InChI is InChI=1S/C17H33NO4/c1-5-6-7-8-9-10-11-12-14(19)17(18(2,3)4)15(20)13-16(21)22/h15,17,20H,5-13H2,1-4H3/p+1/i15D. The van der Waals surface area contributed by atoms with Crippen LogP contribution in [0.25, 0.3) is 0 Å².